The Morgan fingerprint density at radius 2 is 0.949 bits per heavy atom. The highest BCUT2D eigenvalue weighted by molar-refractivity contribution is 6.08. The van der Waals surface area contributed by atoms with E-state index in [-0.39, 0.29) is 5.41 Å². The summed E-state index contributed by atoms with van der Waals surface area (Å²) in [5.41, 5.74) is 15.0. The van der Waals surface area contributed by atoms with Crippen molar-refractivity contribution >= 4 is 39.0 Å². The van der Waals surface area contributed by atoms with Crippen LogP contribution in [0.25, 0.3) is 78.4 Å². The third kappa shape index (κ3) is 5.90. The van der Waals surface area contributed by atoms with E-state index in [1.807, 2.05) is 60.7 Å². The Labute approximate surface area is 342 Å². The summed E-state index contributed by atoms with van der Waals surface area (Å²) >= 11 is 0. The monoisotopic (exact) mass is 758 g/mol. The van der Waals surface area contributed by atoms with Gasteiger partial charge in [0, 0.05) is 49.8 Å². The van der Waals surface area contributed by atoms with Gasteiger partial charge in [-0.3, -0.25) is 0 Å². The Morgan fingerprint density at radius 1 is 0.407 bits per heavy atom. The van der Waals surface area contributed by atoms with Gasteiger partial charge in [0.25, 0.3) is 0 Å². The zero-order chi connectivity index (χ0) is 39.5. The molecule has 0 unspecified atom stereocenters. The lowest BCUT2D eigenvalue weighted by Gasteiger charge is -2.29. The van der Waals surface area contributed by atoms with E-state index in [1.165, 1.54) is 33.4 Å². The third-order valence-electron chi connectivity index (χ3n) is 11.7. The van der Waals surface area contributed by atoms with Crippen molar-refractivity contribution in [2.75, 3.05) is 4.90 Å². The van der Waals surface area contributed by atoms with Crippen molar-refractivity contribution in [1.82, 2.24) is 15.0 Å². The second-order valence-corrected chi connectivity index (χ2v) is 15.7. The minimum atomic E-state index is -0.130. The van der Waals surface area contributed by atoms with E-state index in [1.54, 1.807) is 0 Å². The molecule has 0 saturated carbocycles. The van der Waals surface area contributed by atoms with E-state index in [9.17, 15) is 0 Å². The van der Waals surface area contributed by atoms with Crippen molar-refractivity contribution in [3.8, 4) is 56.4 Å². The van der Waals surface area contributed by atoms with Gasteiger partial charge < -0.3 is 9.32 Å². The van der Waals surface area contributed by atoms with E-state index >= 15 is 0 Å². The smallest absolute Gasteiger partial charge is 0.164 e. The van der Waals surface area contributed by atoms with Crippen molar-refractivity contribution in [3.63, 3.8) is 0 Å². The third-order valence-corrected chi connectivity index (χ3v) is 11.7. The zero-order valence-corrected chi connectivity index (χ0v) is 32.7. The first-order valence-electron chi connectivity index (χ1n) is 20.0. The van der Waals surface area contributed by atoms with Crippen LogP contribution in [0.4, 0.5) is 17.1 Å². The summed E-state index contributed by atoms with van der Waals surface area (Å²) in [6, 6.07) is 68.0. The van der Waals surface area contributed by atoms with Crippen molar-refractivity contribution < 1.29 is 4.42 Å². The molecule has 0 aliphatic heterocycles. The second-order valence-electron chi connectivity index (χ2n) is 15.7. The molecular formula is C54H38N4O. The largest absolute Gasteiger partial charge is 0.456 e. The number of anilines is 3. The topological polar surface area (TPSA) is 55.1 Å². The Balaban J connectivity index is 1.06. The van der Waals surface area contributed by atoms with Gasteiger partial charge in [0.15, 0.2) is 17.5 Å². The number of furan rings is 1. The maximum Gasteiger partial charge on any atom is 0.164 e. The average Bonchev–Trinajstić information content (AvgIpc) is 3.78. The van der Waals surface area contributed by atoms with Gasteiger partial charge in [-0.1, -0.05) is 159 Å². The van der Waals surface area contributed by atoms with Crippen molar-refractivity contribution in [2.24, 2.45) is 0 Å². The maximum absolute atomic E-state index is 6.61. The number of rotatable bonds is 7. The van der Waals surface area contributed by atoms with Gasteiger partial charge in [0.2, 0.25) is 0 Å². The summed E-state index contributed by atoms with van der Waals surface area (Å²) in [5, 5.41) is 2.06. The highest BCUT2D eigenvalue weighted by Gasteiger charge is 2.37. The van der Waals surface area contributed by atoms with Crippen LogP contribution in [0.3, 0.4) is 0 Å². The summed E-state index contributed by atoms with van der Waals surface area (Å²) in [5.74, 6) is 1.84. The quantitative estimate of drug-likeness (QED) is 0.162. The molecule has 280 valence electrons. The number of aromatic nitrogens is 3. The van der Waals surface area contributed by atoms with E-state index in [0.29, 0.717) is 17.5 Å². The molecule has 0 fully saturated rings. The van der Waals surface area contributed by atoms with E-state index in [4.69, 9.17) is 19.4 Å². The summed E-state index contributed by atoms with van der Waals surface area (Å²) in [6.45, 7) is 4.67. The highest BCUT2D eigenvalue weighted by atomic mass is 16.3. The summed E-state index contributed by atoms with van der Waals surface area (Å²) < 4.78 is 6.61. The summed E-state index contributed by atoms with van der Waals surface area (Å²) in [7, 11) is 0. The van der Waals surface area contributed by atoms with Gasteiger partial charge in [0.1, 0.15) is 11.2 Å². The van der Waals surface area contributed by atoms with Crippen molar-refractivity contribution in [2.45, 2.75) is 19.3 Å². The Kier molecular flexibility index (Phi) is 8.09. The molecule has 2 heterocycles. The first kappa shape index (κ1) is 34.6. The van der Waals surface area contributed by atoms with Gasteiger partial charge in [0.05, 0.1) is 5.69 Å². The molecule has 11 rings (SSSR count). The van der Waals surface area contributed by atoms with E-state index in [2.05, 4.69) is 152 Å². The molecule has 5 heteroatoms. The van der Waals surface area contributed by atoms with Gasteiger partial charge in [-0.05, 0) is 76.3 Å². The first-order valence-corrected chi connectivity index (χ1v) is 20.0. The van der Waals surface area contributed by atoms with Gasteiger partial charge in [-0.15, -0.1) is 0 Å². The van der Waals surface area contributed by atoms with Gasteiger partial charge in [-0.25, -0.2) is 15.0 Å². The van der Waals surface area contributed by atoms with Crippen LogP contribution in [-0.2, 0) is 5.41 Å². The van der Waals surface area contributed by atoms with Crippen LogP contribution in [0.1, 0.15) is 25.0 Å². The molecule has 0 saturated heterocycles. The lowest BCUT2D eigenvalue weighted by molar-refractivity contribution is 0.660. The fraction of sp³-hybridized carbons (Fsp3) is 0.0556. The second kappa shape index (κ2) is 13.8. The molecule has 59 heavy (non-hydrogen) atoms. The van der Waals surface area contributed by atoms with E-state index in [0.717, 1.165) is 55.7 Å². The molecule has 0 amide bonds. The van der Waals surface area contributed by atoms with E-state index < -0.39 is 0 Å². The highest BCUT2D eigenvalue weighted by Crippen LogP contribution is 2.54. The SMILES string of the molecule is CC1(C)c2ccccc2-c2c(N(c3ccc(-c4ccccc4)cc3)c3ccc4oc5cc(-c6nc(-c7ccccc7)nc(-c7ccccc7)n6)ccc5c4c3)cccc21. The molecular weight excluding hydrogens is 721 g/mol. The number of fused-ring (bicyclic) bond motifs is 6. The molecule has 5 nitrogen and oxygen atoms in total. The molecule has 0 N–H and O–H groups in total. The Bertz CT molecular complexity index is 3120. The number of hydrogen-bond acceptors (Lipinski definition) is 5. The molecule has 0 radical (unpaired) electrons. The van der Waals surface area contributed by atoms with Crippen LogP contribution in [0.2, 0.25) is 0 Å². The molecule has 1 aliphatic rings. The fourth-order valence-corrected chi connectivity index (χ4v) is 8.76. The minimum absolute atomic E-state index is 0.130. The lowest BCUT2D eigenvalue weighted by atomic mass is 9.82. The summed E-state index contributed by atoms with van der Waals surface area (Å²) in [4.78, 5) is 17.2. The molecule has 0 atom stereocenters. The van der Waals surface area contributed by atoms with Crippen molar-refractivity contribution in [3.05, 3.63) is 205 Å². The number of hydrogen-bond donors (Lipinski definition) is 0. The minimum Gasteiger partial charge on any atom is -0.456 e. The zero-order valence-electron chi connectivity index (χ0n) is 32.7. The van der Waals surface area contributed by atoms with Gasteiger partial charge in [-0.2, -0.15) is 0 Å². The molecule has 0 bridgehead atoms. The summed E-state index contributed by atoms with van der Waals surface area (Å²) in [6.07, 6.45) is 0. The normalized spacial score (nSPS) is 12.7. The standard InChI is InChI=1S/C54H38N4O/c1-54(2)45-22-13-12-21-43(45)50-46(54)23-14-24-47(50)58(40-28-25-36(26-29-40)35-15-6-3-7-16-35)41-30-32-48-44(34-41)42-31-27-39(33-49(42)59-48)53-56-51(37-17-8-4-9-18-37)55-52(57-53)38-19-10-5-11-20-38/h3-34H,1-2H3. The van der Waals surface area contributed by atoms with Crippen LogP contribution in [0, 0.1) is 0 Å². The van der Waals surface area contributed by atoms with Crippen molar-refractivity contribution in [1.29, 1.82) is 0 Å². The molecule has 0 spiro atoms. The van der Waals surface area contributed by atoms with Crippen LogP contribution in [-0.4, -0.2) is 15.0 Å². The Hall–Kier alpha value is -7.63. The molecule has 1 aliphatic carbocycles. The predicted octanol–water partition coefficient (Wildman–Crippen LogP) is 14.2. The van der Waals surface area contributed by atoms with Crippen LogP contribution in [0.5, 0.6) is 0 Å². The first-order chi connectivity index (χ1) is 29.0. The predicted molar refractivity (Wildman–Crippen MR) is 241 cm³/mol. The van der Waals surface area contributed by atoms with Gasteiger partial charge >= 0.3 is 0 Å². The maximum atomic E-state index is 6.61. The molecule has 2 aromatic heterocycles. The average molecular weight is 759 g/mol. The fourth-order valence-electron chi connectivity index (χ4n) is 8.76. The van der Waals surface area contributed by atoms with Crippen LogP contribution < -0.4 is 4.90 Å². The number of nitrogens with zero attached hydrogens (tertiary/aromatic N) is 4. The lowest BCUT2D eigenvalue weighted by Crippen LogP contribution is -2.16. The Morgan fingerprint density at radius 3 is 1.63 bits per heavy atom. The number of benzene rings is 8. The molecule has 10 aromatic rings. The van der Waals surface area contributed by atoms with Crippen LogP contribution in [0.15, 0.2) is 199 Å². The van der Waals surface area contributed by atoms with Crippen LogP contribution >= 0.6 is 0 Å². The molecule has 8 aromatic carbocycles.